The number of hydrogen-bond donors (Lipinski definition) is 1. The molecule has 1 N–H and O–H groups in total. The van der Waals surface area contributed by atoms with Gasteiger partial charge in [0.2, 0.25) is 15.9 Å². The predicted octanol–water partition coefficient (Wildman–Crippen LogP) is 2.39. The minimum absolute atomic E-state index is 0.321. The molecule has 1 atom stereocenters. The first-order valence-corrected chi connectivity index (χ1v) is 13.0. The number of ether oxygens (including phenoxy) is 2. The number of nitrogens with one attached hydrogen (secondary N) is 1. The molecule has 0 bridgehead atoms. The van der Waals surface area contributed by atoms with Crippen LogP contribution in [-0.4, -0.2) is 64.9 Å². The number of benzene rings is 2. The van der Waals surface area contributed by atoms with Crippen molar-refractivity contribution in [2.45, 2.75) is 32.5 Å². The van der Waals surface area contributed by atoms with E-state index in [1.165, 1.54) is 17.0 Å². The van der Waals surface area contributed by atoms with Crippen molar-refractivity contribution < 1.29 is 22.7 Å². The van der Waals surface area contributed by atoms with Crippen LogP contribution in [0.15, 0.2) is 48.5 Å². The summed E-state index contributed by atoms with van der Waals surface area (Å²) in [6.45, 7) is 6.26. The monoisotopic (exact) mass is 475 g/mol. The lowest BCUT2D eigenvalue weighted by Crippen LogP contribution is -2.49. The van der Waals surface area contributed by atoms with Crippen molar-refractivity contribution >= 4 is 21.6 Å². The molecule has 0 aliphatic carbocycles. The van der Waals surface area contributed by atoms with Crippen LogP contribution in [0.1, 0.15) is 24.5 Å². The van der Waals surface area contributed by atoms with Crippen LogP contribution in [0.2, 0.25) is 0 Å². The summed E-state index contributed by atoms with van der Waals surface area (Å²) in [5.74, 6) is 0.179. The molecule has 9 heteroatoms. The maximum absolute atomic E-state index is 13.1. The second-order valence-corrected chi connectivity index (χ2v) is 9.97. The lowest BCUT2D eigenvalue weighted by Gasteiger charge is -2.30. The van der Waals surface area contributed by atoms with Crippen LogP contribution in [0.5, 0.6) is 5.75 Å². The molecule has 0 saturated carbocycles. The molecule has 0 aromatic heterocycles. The molecule has 1 fully saturated rings. The van der Waals surface area contributed by atoms with Crippen LogP contribution in [-0.2, 0) is 32.6 Å². The highest BCUT2D eigenvalue weighted by molar-refractivity contribution is 7.92. The first-order chi connectivity index (χ1) is 15.8. The molecule has 0 radical (unpaired) electrons. The second-order valence-electron chi connectivity index (χ2n) is 8.11. The fourth-order valence-corrected chi connectivity index (χ4v) is 5.17. The highest BCUT2D eigenvalue weighted by atomic mass is 32.2. The highest BCUT2D eigenvalue weighted by Gasteiger charge is 2.31. The van der Waals surface area contributed by atoms with Gasteiger partial charge in [-0.1, -0.05) is 37.3 Å². The normalized spacial score (nSPS) is 15.6. The Hall–Kier alpha value is -2.62. The summed E-state index contributed by atoms with van der Waals surface area (Å²) in [5, 5.41) is 2.92. The number of methoxy groups -OCH3 is 1. The first-order valence-electron chi connectivity index (χ1n) is 11.1. The quantitative estimate of drug-likeness (QED) is 0.568. The van der Waals surface area contributed by atoms with E-state index in [-0.39, 0.29) is 5.91 Å². The summed E-state index contributed by atoms with van der Waals surface area (Å²) in [4.78, 5) is 15.4. The van der Waals surface area contributed by atoms with Gasteiger partial charge >= 0.3 is 0 Å². The lowest BCUT2D eigenvalue weighted by molar-refractivity contribution is -0.122. The molecule has 180 valence electrons. The third kappa shape index (κ3) is 6.93. The molecule has 3 rings (SSSR count). The molecule has 33 heavy (non-hydrogen) atoms. The predicted molar refractivity (Wildman–Crippen MR) is 129 cm³/mol. The van der Waals surface area contributed by atoms with Gasteiger partial charge in [-0.3, -0.25) is 14.0 Å². The minimum Gasteiger partial charge on any atom is -0.497 e. The first kappa shape index (κ1) is 25.0. The number of carbonyl (C=O) groups is 1. The van der Waals surface area contributed by atoms with E-state index in [4.69, 9.17) is 9.47 Å². The van der Waals surface area contributed by atoms with Gasteiger partial charge in [0.1, 0.15) is 11.8 Å². The fraction of sp³-hybridized carbons (Fsp3) is 0.458. The van der Waals surface area contributed by atoms with Gasteiger partial charge in [0.05, 0.1) is 32.3 Å². The van der Waals surface area contributed by atoms with Crippen LogP contribution in [0.3, 0.4) is 0 Å². The summed E-state index contributed by atoms with van der Waals surface area (Å²) in [7, 11) is -2.19. The van der Waals surface area contributed by atoms with Gasteiger partial charge in [-0.2, -0.15) is 0 Å². The van der Waals surface area contributed by atoms with Gasteiger partial charge in [-0.05, 0) is 29.7 Å². The van der Waals surface area contributed by atoms with Crippen LogP contribution >= 0.6 is 0 Å². The summed E-state index contributed by atoms with van der Waals surface area (Å²) < 4.78 is 37.1. The molecular weight excluding hydrogens is 442 g/mol. The SMILES string of the molecule is CCC(C(=O)NCc1cccc(CN2CCOCC2)c1)N(c1cccc(OC)c1)S(C)(=O)=O. The van der Waals surface area contributed by atoms with Gasteiger partial charge in [0.25, 0.3) is 0 Å². The van der Waals surface area contributed by atoms with E-state index < -0.39 is 16.1 Å². The topological polar surface area (TPSA) is 88.2 Å². The van der Waals surface area contributed by atoms with Crippen molar-refractivity contribution in [1.29, 1.82) is 0 Å². The summed E-state index contributed by atoms with van der Waals surface area (Å²) in [5.41, 5.74) is 2.53. The van der Waals surface area contributed by atoms with E-state index in [2.05, 4.69) is 22.3 Å². The zero-order chi connectivity index (χ0) is 23.8. The van der Waals surface area contributed by atoms with Crippen LogP contribution in [0, 0.1) is 0 Å². The van der Waals surface area contributed by atoms with Crippen molar-refractivity contribution in [1.82, 2.24) is 10.2 Å². The lowest BCUT2D eigenvalue weighted by atomic mass is 10.1. The number of sulfonamides is 1. The second kappa shape index (κ2) is 11.5. The van der Waals surface area contributed by atoms with Gasteiger partial charge < -0.3 is 14.8 Å². The minimum atomic E-state index is -3.70. The van der Waals surface area contributed by atoms with E-state index in [1.54, 1.807) is 31.2 Å². The number of hydrogen-bond acceptors (Lipinski definition) is 6. The van der Waals surface area contributed by atoms with Gasteiger partial charge in [0.15, 0.2) is 0 Å². The molecule has 1 aliphatic heterocycles. The molecule has 1 heterocycles. The van der Waals surface area contributed by atoms with E-state index >= 15 is 0 Å². The largest absolute Gasteiger partial charge is 0.497 e. The Kier molecular flexibility index (Phi) is 8.71. The third-order valence-corrected chi connectivity index (χ3v) is 6.79. The van der Waals surface area contributed by atoms with Gasteiger partial charge in [0, 0.05) is 32.2 Å². The Morgan fingerprint density at radius 2 is 1.85 bits per heavy atom. The number of nitrogens with zero attached hydrogens (tertiary/aromatic N) is 2. The Balaban J connectivity index is 1.71. The Morgan fingerprint density at radius 3 is 2.52 bits per heavy atom. The van der Waals surface area contributed by atoms with Crippen molar-refractivity contribution in [3.05, 3.63) is 59.7 Å². The Labute approximate surface area is 196 Å². The van der Waals surface area contributed by atoms with Crippen LogP contribution in [0.25, 0.3) is 0 Å². The molecule has 8 nitrogen and oxygen atoms in total. The van der Waals surface area contributed by atoms with E-state index in [0.717, 1.165) is 44.7 Å². The van der Waals surface area contributed by atoms with E-state index in [1.807, 2.05) is 12.1 Å². The molecule has 2 aromatic rings. The molecular formula is C24H33N3O5S. The maximum atomic E-state index is 13.1. The number of amides is 1. The van der Waals surface area contributed by atoms with E-state index in [9.17, 15) is 13.2 Å². The molecule has 1 unspecified atom stereocenters. The van der Waals surface area contributed by atoms with Crippen molar-refractivity contribution in [3.63, 3.8) is 0 Å². The number of morpholine rings is 1. The van der Waals surface area contributed by atoms with Crippen LogP contribution in [0.4, 0.5) is 5.69 Å². The molecule has 1 amide bonds. The summed E-state index contributed by atoms with van der Waals surface area (Å²) in [6, 6.07) is 13.9. The van der Waals surface area contributed by atoms with Gasteiger partial charge in [-0.25, -0.2) is 8.42 Å². The number of carbonyl (C=O) groups excluding carboxylic acids is 1. The maximum Gasteiger partial charge on any atom is 0.244 e. The number of rotatable bonds is 10. The molecule has 1 aliphatic rings. The average molecular weight is 476 g/mol. The fourth-order valence-electron chi connectivity index (χ4n) is 3.97. The molecule has 1 saturated heterocycles. The Morgan fingerprint density at radius 1 is 1.15 bits per heavy atom. The molecule has 2 aromatic carbocycles. The third-order valence-electron chi connectivity index (χ3n) is 5.61. The zero-order valence-electron chi connectivity index (χ0n) is 19.5. The summed E-state index contributed by atoms with van der Waals surface area (Å²) >= 11 is 0. The van der Waals surface area contributed by atoms with Crippen molar-refractivity contribution in [2.75, 3.05) is 44.0 Å². The standard InChI is InChI=1S/C24H33N3O5S/c1-4-23(27(33(3,29)30)21-9-6-10-22(16-21)31-2)24(28)25-17-19-7-5-8-20(15-19)18-26-11-13-32-14-12-26/h5-10,15-16,23H,4,11-14,17-18H2,1-3H3,(H,25,28). The summed E-state index contributed by atoms with van der Waals surface area (Å²) in [6.07, 6.45) is 1.44. The van der Waals surface area contributed by atoms with Gasteiger partial charge in [-0.15, -0.1) is 0 Å². The van der Waals surface area contributed by atoms with Crippen LogP contribution < -0.4 is 14.4 Å². The highest BCUT2D eigenvalue weighted by Crippen LogP contribution is 2.26. The van der Waals surface area contributed by atoms with Crippen molar-refractivity contribution in [2.24, 2.45) is 0 Å². The number of anilines is 1. The smallest absolute Gasteiger partial charge is 0.244 e. The Bertz CT molecular complexity index is 1040. The average Bonchev–Trinajstić information content (AvgIpc) is 2.81. The van der Waals surface area contributed by atoms with E-state index in [0.29, 0.717) is 24.4 Å². The van der Waals surface area contributed by atoms with Crippen molar-refractivity contribution in [3.8, 4) is 5.75 Å². The zero-order valence-corrected chi connectivity index (χ0v) is 20.3. The molecule has 0 spiro atoms.